The van der Waals surface area contributed by atoms with Crippen LogP contribution in [0.3, 0.4) is 0 Å². The monoisotopic (exact) mass is 305 g/mol. The van der Waals surface area contributed by atoms with E-state index in [4.69, 9.17) is 18.0 Å². The molecule has 0 aliphatic heterocycles. The second kappa shape index (κ2) is 10.5. The van der Waals surface area contributed by atoms with Crippen LogP contribution in [0.15, 0.2) is 0 Å². The van der Waals surface area contributed by atoms with Gasteiger partial charge in [0.25, 0.3) is 0 Å². The lowest BCUT2D eigenvalue weighted by Crippen LogP contribution is -2.37. The van der Waals surface area contributed by atoms with Gasteiger partial charge in [0.15, 0.2) is 0 Å². The van der Waals surface area contributed by atoms with Gasteiger partial charge in [-0.15, -0.1) is 0 Å². The Hall–Kier alpha value is -0.330. The Balaban J connectivity index is 4.02. The van der Waals surface area contributed by atoms with Crippen LogP contribution in [0.25, 0.3) is 0 Å². The molecule has 0 heterocycles. The summed E-state index contributed by atoms with van der Waals surface area (Å²) >= 11 is 6.66. The molecule has 19 heavy (non-hydrogen) atoms. The average Bonchev–Trinajstić information content (AvgIpc) is 2.38. The van der Waals surface area contributed by atoms with Crippen LogP contribution in [0, 0.1) is 0 Å². The molecule has 0 aromatic rings. The summed E-state index contributed by atoms with van der Waals surface area (Å²) in [4.78, 5) is 16.4. The van der Waals surface area contributed by atoms with Crippen LogP contribution in [-0.4, -0.2) is 65.9 Å². The van der Waals surface area contributed by atoms with Crippen molar-refractivity contribution in [3.05, 3.63) is 0 Å². The van der Waals surface area contributed by atoms with Gasteiger partial charge < -0.3 is 15.5 Å². The van der Waals surface area contributed by atoms with Crippen LogP contribution in [-0.2, 0) is 4.79 Å². The standard InChI is InChI=1S/C13H27N3OS2/c1-5-11(10-19-4)15(2)9-7-13(17)16(3)8-6-12(14)18/h11H,5-10H2,1-4H3,(H2,14,18). The van der Waals surface area contributed by atoms with E-state index in [2.05, 4.69) is 25.1 Å². The van der Waals surface area contributed by atoms with Crippen molar-refractivity contribution in [2.75, 3.05) is 39.2 Å². The number of carbonyl (C=O) groups excluding carboxylic acids is 1. The van der Waals surface area contributed by atoms with E-state index in [0.29, 0.717) is 30.4 Å². The predicted molar refractivity (Wildman–Crippen MR) is 88.7 cm³/mol. The molecular formula is C13H27N3OS2. The molecule has 0 spiro atoms. The van der Waals surface area contributed by atoms with Gasteiger partial charge in [0.2, 0.25) is 5.91 Å². The van der Waals surface area contributed by atoms with Crippen molar-refractivity contribution in [1.29, 1.82) is 0 Å². The first kappa shape index (κ1) is 18.7. The predicted octanol–water partition coefficient (Wildman–Crippen LogP) is 1.58. The molecular weight excluding hydrogens is 278 g/mol. The number of nitrogens with zero attached hydrogens (tertiary/aromatic N) is 2. The number of nitrogens with two attached hydrogens (primary N) is 1. The van der Waals surface area contributed by atoms with Crippen molar-refractivity contribution in [1.82, 2.24) is 9.80 Å². The van der Waals surface area contributed by atoms with Crippen LogP contribution in [0.2, 0.25) is 0 Å². The lowest BCUT2D eigenvalue weighted by Gasteiger charge is -2.27. The molecule has 1 amide bonds. The molecule has 0 bridgehead atoms. The molecule has 0 aromatic heterocycles. The van der Waals surface area contributed by atoms with Gasteiger partial charge in [-0.3, -0.25) is 4.79 Å². The van der Waals surface area contributed by atoms with Crippen LogP contribution in [0.5, 0.6) is 0 Å². The number of hydrogen-bond donors (Lipinski definition) is 1. The molecule has 0 radical (unpaired) electrons. The van der Waals surface area contributed by atoms with E-state index < -0.39 is 0 Å². The first-order valence-electron chi connectivity index (χ1n) is 6.63. The number of thiocarbonyl (C=S) groups is 1. The number of amides is 1. The highest BCUT2D eigenvalue weighted by Gasteiger charge is 2.15. The highest BCUT2D eigenvalue weighted by atomic mass is 32.2. The fraction of sp³-hybridized carbons (Fsp3) is 0.846. The molecule has 0 aromatic carbocycles. The number of carbonyl (C=O) groups is 1. The third-order valence-corrected chi connectivity index (χ3v) is 4.17. The Labute approximate surface area is 127 Å². The SMILES string of the molecule is CCC(CSC)N(C)CCC(=O)N(C)CCC(N)=S. The Morgan fingerprint density at radius 1 is 1.32 bits per heavy atom. The van der Waals surface area contributed by atoms with Gasteiger partial charge >= 0.3 is 0 Å². The van der Waals surface area contributed by atoms with Gasteiger partial charge in [0.1, 0.15) is 0 Å². The van der Waals surface area contributed by atoms with Gasteiger partial charge in [-0.1, -0.05) is 19.1 Å². The third-order valence-electron chi connectivity index (χ3n) is 3.25. The normalized spacial score (nSPS) is 12.5. The van der Waals surface area contributed by atoms with Crippen LogP contribution in [0.1, 0.15) is 26.2 Å². The highest BCUT2D eigenvalue weighted by molar-refractivity contribution is 7.98. The molecule has 0 aliphatic carbocycles. The van der Waals surface area contributed by atoms with E-state index in [9.17, 15) is 4.79 Å². The average molecular weight is 306 g/mol. The summed E-state index contributed by atoms with van der Waals surface area (Å²) in [5, 5.41) is 0. The minimum absolute atomic E-state index is 0.155. The van der Waals surface area contributed by atoms with Gasteiger partial charge in [-0.05, 0) is 19.7 Å². The maximum Gasteiger partial charge on any atom is 0.223 e. The maximum atomic E-state index is 11.9. The lowest BCUT2D eigenvalue weighted by molar-refractivity contribution is -0.130. The second-order valence-electron chi connectivity index (χ2n) is 4.78. The molecule has 1 unspecified atom stereocenters. The molecule has 4 nitrogen and oxygen atoms in total. The lowest BCUT2D eigenvalue weighted by atomic mass is 10.2. The summed E-state index contributed by atoms with van der Waals surface area (Å²) in [7, 11) is 3.90. The van der Waals surface area contributed by atoms with Crippen molar-refractivity contribution in [2.45, 2.75) is 32.2 Å². The van der Waals surface area contributed by atoms with Crippen LogP contribution < -0.4 is 5.73 Å². The van der Waals surface area contributed by atoms with E-state index in [1.54, 1.807) is 11.9 Å². The zero-order valence-electron chi connectivity index (χ0n) is 12.5. The van der Waals surface area contributed by atoms with E-state index >= 15 is 0 Å². The quantitative estimate of drug-likeness (QED) is 0.621. The van der Waals surface area contributed by atoms with E-state index in [1.807, 2.05) is 11.8 Å². The molecule has 0 aliphatic rings. The fourth-order valence-electron chi connectivity index (χ4n) is 1.80. The van der Waals surface area contributed by atoms with E-state index in [0.717, 1.165) is 18.7 Å². The largest absolute Gasteiger partial charge is 0.393 e. The Kier molecular flexibility index (Phi) is 10.3. The Bertz CT molecular complexity index is 287. The highest BCUT2D eigenvalue weighted by Crippen LogP contribution is 2.09. The van der Waals surface area contributed by atoms with Crippen molar-refractivity contribution in [3.63, 3.8) is 0 Å². The van der Waals surface area contributed by atoms with Gasteiger partial charge in [0.05, 0.1) is 4.99 Å². The number of rotatable bonds is 10. The molecule has 0 rings (SSSR count). The summed E-state index contributed by atoms with van der Waals surface area (Å²) in [5.41, 5.74) is 5.44. The van der Waals surface area contributed by atoms with E-state index in [-0.39, 0.29) is 5.91 Å². The van der Waals surface area contributed by atoms with Gasteiger partial charge in [-0.2, -0.15) is 11.8 Å². The summed E-state index contributed by atoms with van der Waals surface area (Å²) in [6, 6.07) is 0.546. The molecule has 112 valence electrons. The van der Waals surface area contributed by atoms with Crippen molar-refractivity contribution in [3.8, 4) is 0 Å². The fourth-order valence-corrected chi connectivity index (χ4v) is 2.76. The topological polar surface area (TPSA) is 49.6 Å². The van der Waals surface area contributed by atoms with E-state index in [1.165, 1.54) is 0 Å². The second-order valence-corrected chi connectivity index (χ2v) is 6.21. The summed E-state index contributed by atoms with van der Waals surface area (Å²) in [6.45, 7) is 3.60. The smallest absolute Gasteiger partial charge is 0.223 e. The number of thioether (sulfide) groups is 1. The maximum absolute atomic E-state index is 11.9. The zero-order chi connectivity index (χ0) is 14.8. The first-order valence-corrected chi connectivity index (χ1v) is 8.44. The first-order chi connectivity index (χ1) is 8.92. The van der Waals surface area contributed by atoms with Crippen molar-refractivity contribution < 1.29 is 4.79 Å². The van der Waals surface area contributed by atoms with Crippen LogP contribution in [0.4, 0.5) is 0 Å². The van der Waals surface area contributed by atoms with Gasteiger partial charge in [0, 0.05) is 44.8 Å². The van der Waals surface area contributed by atoms with Crippen molar-refractivity contribution in [2.24, 2.45) is 5.73 Å². The summed E-state index contributed by atoms with van der Waals surface area (Å²) < 4.78 is 0. The summed E-state index contributed by atoms with van der Waals surface area (Å²) in [6.07, 6.45) is 4.38. The number of hydrogen-bond acceptors (Lipinski definition) is 4. The molecule has 0 fully saturated rings. The minimum atomic E-state index is 0.155. The van der Waals surface area contributed by atoms with Gasteiger partial charge in [-0.25, -0.2) is 0 Å². The van der Waals surface area contributed by atoms with Crippen molar-refractivity contribution >= 4 is 34.9 Å². The molecule has 2 N–H and O–H groups in total. The minimum Gasteiger partial charge on any atom is -0.393 e. The zero-order valence-corrected chi connectivity index (χ0v) is 14.1. The Morgan fingerprint density at radius 2 is 1.95 bits per heavy atom. The Morgan fingerprint density at radius 3 is 2.42 bits per heavy atom. The molecule has 0 saturated heterocycles. The molecule has 6 heteroatoms. The summed E-state index contributed by atoms with van der Waals surface area (Å²) in [5.74, 6) is 1.26. The third kappa shape index (κ3) is 8.44. The van der Waals surface area contributed by atoms with Crippen LogP contribution >= 0.6 is 24.0 Å². The molecule has 0 saturated carbocycles. The molecule has 1 atom stereocenters.